The molecule has 0 spiro atoms. The molecule has 0 aliphatic rings. The molecule has 2 heterocycles. The molecule has 2 N–H and O–H groups in total. The molecule has 0 radical (unpaired) electrons. The standard InChI is InChI=1S/C12H13N3O2S/c1-6-8(3)18-12(14-6)15-11(17)10-4-9(5-13-10)7(2)16/h4-5,13H,1-3H3,(H,14,15,17). The summed E-state index contributed by atoms with van der Waals surface area (Å²) in [5.74, 6) is -0.373. The number of anilines is 1. The monoisotopic (exact) mass is 263 g/mol. The first-order valence-electron chi connectivity index (χ1n) is 5.42. The van der Waals surface area contributed by atoms with E-state index < -0.39 is 0 Å². The van der Waals surface area contributed by atoms with Crippen LogP contribution in [-0.2, 0) is 0 Å². The highest BCUT2D eigenvalue weighted by Crippen LogP contribution is 2.21. The van der Waals surface area contributed by atoms with Gasteiger partial charge >= 0.3 is 0 Å². The van der Waals surface area contributed by atoms with Gasteiger partial charge in [0.1, 0.15) is 5.69 Å². The Balaban J connectivity index is 2.14. The number of aromatic nitrogens is 2. The van der Waals surface area contributed by atoms with Gasteiger partial charge in [0.05, 0.1) is 5.69 Å². The van der Waals surface area contributed by atoms with Crippen molar-refractivity contribution in [3.63, 3.8) is 0 Å². The van der Waals surface area contributed by atoms with Crippen molar-refractivity contribution >= 4 is 28.2 Å². The van der Waals surface area contributed by atoms with Crippen LogP contribution in [0.3, 0.4) is 0 Å². The van der Waals surface area contributed by atoms with E-state index >= 15 is 0 Å². The summed E-state index contributed by atoms with van der Waals surface area (Å²) >= 11 is 1.43. The van der Waals surface area contributed by atoms with Gasteiger partial charge in [0.25, 0.3) is 5.91 Å². The van der Waals surface area contributed by atoms with E-state index in [9.17, 15) is 9.59 Å². The predicted octanol–water partition coefficient (Wildman–Crippen LogP) is 2.54. The molecule has 5 nitrogen and oxygen atoms in total. The molecule has 0 bridgehead atoms. The number of H-pyrrole nitrogens is 1. The average molecular weight is 263 g/mol. The fraction of sp³-hybridized carbons (Fsp3) is 0.250. The Hall–Kier alpha value is -1.95. The molecule has 0 aromatic carbocycles. The number of hydrogen-bond acceptors (Lipinski definition) is 4. The zero-order valence-corrected chi connectivity index (χ0v) is 11.1. The number of carbonyl (C=O) groups excluding carboxylic acids is 2. The quantitative estimate of drug-likeness (QED) is 0.836. The molecule has 6 heteroatoms. The van der Waals surface area contributed by atoms with Gasteiger partial charge in [0.2, 0.25) is 0 Å². The van der Waals surface area contributed by atoms with Gasteiger partial charge in [-0.25, -0.2) is 4.98 Å². The van der Waals surface area contributed by atoms with Crippen molar-refractivity contribution in [1.82, 2.24) is 9.97 Å². The molecule has 2 rings (SSSR count). The zero-order chi connectivity index (χ0) is 13.3. The van der Waals surface area contributed by atoms with Crippen LogP contribution in [0, 0.1) is 13.8 Å². The number of rotatable bonds is 3. The number of nitrogens with zero attached hydrogens (tertiary/aromatic N) is 1. The van der Waals surface area contributed by atoms with Crippen LogP contribution in [0.4, 0.5) is 5.13 Å². The molecule has 0 atom stereocenters. The Bertz CT molecular complexity index is 593. The number of ketones is 1. The lowest BCUT2D eigenvalue weighted by molar-refractivity contribution is 0.101. The molecule has 0 aliphatic carbocycles. The summed E-state index contributed by atoms with van der Waals surface area (Å²) in [5.41, 5.74) is 1.75. The van der Waals surface area contributed by atoms with Crippen molar-refractivity contribution in [2.75, 3.05) is 5.32 Å². The number of aromatic amines is 1. The van der Waals surface area contributed by atoms with Crippen molar-refractivity contribution in [1.29, 1.82) is 0 Å². The Morgan fingerprint density at radius 3 is 2.61 bits per heavy atom. The van der Waals surface area contributed by atoms with Crippen LogP contribution in [0.2, 0.25) is 0 Å². The molecular weight excluding hydrogens is 250 g/mol. The van der Waals surface area contributed by atoms with Crippen molar-refractivity contribution in [3.05, 3.63) is 34.1 Å². The zero-order valence-electron chi connectivity index (χ0n) is 10.3. The number of amides is 1. The predicted molar refractivity (Wildman–Crippen MR) is 70.3 cm³/mol. The maximum Gasteiger partial charge on any atom is 0.273 e. The van der Waals surface area contributed by atoms with E-state index in [1.807, 2.05) is 13.8 Å². The lowest BCUT2D eigenvalue weighted by Crippen LogP contribution is -2.11. The first-order chi connectivity index (χ1) is 8.47. The summed E-state index contributed by atoms with van der Waals surface area (Å²) in [4.78, 5) is 31.1. The third-order valence-corrected chi connectivity index (χ3v) is 3.57. The second-order valence-electron chi connectivity index (χ2n) is 3.97. The molecular formula is C12H13N3O2S. The SMILES string of the molecule is CC(=O)c1c[nH]c(C(=O)Nc2nc(C)c(C)s2)c1. The van der Waals surface area contributed by atoms with Crippen LogP contribution < -0.4 is 5.32 Å². The lowest BCUT2D eigenvalue weighted by atomic mass is 10.2. The van der Waals surface area contributed by atoms with Gasteiger partial charge in [0.15, 0.2) is 10.9 Å². The molecule has 0 aliphatic heterocycles. The summed E-state index contributed by atoms with van der Waals surface area (Å²) in [6, 6.07) is 1.53. The summed E-state index contributed by atoms with van der Waals surface area (Å²) in [5, 5.41) is 3.26. The number of nitrogens with one attached hydrogen (secondary N) is 2. The highest BCUT2D eigenvalue weighted by atomic mass is 32.1. The number of aryl methyl sites for hydroxylation is 2. The Morgan fingerprint density at radius 1 is 1.39 bits per heavy atom. The van der Waals surface area contributed by atoms with Crippen molar-refractivity contribution < 1.29 is 9.59 Å². The lowest BCUT2D eigenvalue weighted by Gasteiger charge is -1.97. The van der Waals surface area contributed by atoms with Gasteiger partial charge in [-0.2, -0.15) is 0 Å². The van der Waals surface area contributed by atoms with E-state index in [1.54, 1.807) is 0 Å². The molecule has 1 amide bonds. The number of hydrogen-bond donors (Lipinski definition) is 2. The van der Waals surface area contributed by atoms with Crippen LogP contribution in [0.25, 0.3) is 0 Å². The Kier molecular flexibility index (Phi) is 3.29. The maximum atomic E-state index is 11.9. The molecule has 0 saturated heterocycles. The third kappa shape index (κ3) is 2.48. The normalized spacial score (nSPS) is 10.4. The van der Waals surface area contributed by atoms with E-state index in [0.29, 0.717) is 16.4 Å². The first kappa shape index (κ1) is 12.5. The van der Waals surface area contributed by atoms with Crippen LogP contribution >= 0.6 is 11.3 Å². The van der Waals surface area contributed by atoms with Crippen LogP contribution in [0.15, 0.2) is 12.3 Å². The van der Waals surface area contributed by atoms with Crippen LogP contribution in [0.1, 0.15) is 38.3 Å². The topological polar surface area (TPSA) is 74.8 Å². The fourth-order valence-corrected chi connectivity index (χ4v) is 2.23. The minimum Gasteiger partial charge on any atom is -0.356 e. The second-order valence-corrected chi connectivity index (χ2v) is 5.18. The number of thiazole rings is 1. The summed E-state index contributed by atoms with van der Waals surface area (Å²) in [7, 11) is 0. The third-order valence-electron chi connectivity index (χ3n) is 2.58. The minimum atomic E-state index is -0.295. The average Bonchev–Trinajstić information content (AvgIpc) is 2.87. The van der Waals surface area contributed by atoms with Gasteiger partial charge in [-0.1, -0.05) is 0 Å². The smallest absolute Gasteiger partial charge is 0.273 e. The van der Waals surface area contributed by atoms with E-state index in [-0.39, 0.29) is 11.7 Å². The van der Waals surface area contributed by atoms with E-state index in [0.717, 1.165) is 10.6 Å². The molecule has 0 fully saturated rings. The van der Waals surface area contributed by atoms with E-state index in [4.69, 9.17) is 0 Å². The van der Waals surface area contributed by atoms with Crippen molar-refractivity contribution in [3.8, 4) is 0 Å². The highest BCUT2D eigenvalue weighted by Gasteiger charge is 2.13. The van der Waals surface area contributed by atoms with Crippen LogP contribution in [0.5, 0.6) is 0 Å². The summed E-state index contributed by atoms with van der Waals surface area (Å²) < 4.78 is 0. The Morgan fingerprint density at radius 2 is 2.11 bits per heavy atom. The fourth-order valence-electron chi connectivity index (χ4n) is 1.42. The molecule has 0 unspecified atom stereocenters. The largest absolute Gasteiger partial charge is 0.356 e. The van der Waals surface area contributed by atoms with Crippen molar-refractivity contribution in [2.45, 2.75) is 20.8 Å². The second kappa shape index (κ2) is 4.73. The number of carbonyl (C=O) groups is 2. The van der Waals surface area contributed by atoms with Gasteiger partial charge in [-0.3, -0.25) is 14.9 Å². The number of Topliss-reactive ketones (excluding diaryl/α,β-unsaturated/α-hetero) is 1. The van der Waals surface area contributed by atoms with Gasteiger partial charge in [0, 0.05) is 16.6 Å². The molecule has 18 heavy (non-hydrogen) atoms. The highest BCUT2D eigenvalue weighted by molar-refractivity contribution is 7.15. The minimum absolute atomic E-state index is 0.0776. The molecule has 2 aromatic rings. The summed E-state index contributed by atoms with van der Waals surface area (Å²) in [6.45, 7) is 5.30. The van der Waals surface area contributed by atoms with Gasteiger partial charge in [-0.15, -0.1) is 11.3 Å². The Labute approximate surface area is 108 Å². The maximum absolute atomic E-state index is 11.9. The van der Waals surface area contributed by atoms with Crippen molar-refractivity contribution in [2.24, 2.45) is 0 Å². The van der Waals surface area contributed by atoms with Crippen LogP contribution in [-0.4, -0.2) is 21.7 Å². The van der Waals surface area contributed by atoms with Gasteiger partial charge < -0.3 is 4.98 Å². The summed E-state index contributed by atoms with van der Waals surface area (Å²) in [6.07, 6.45) is 1.52. The van der Waals surface area contributed by atoms with E-state index in [1.165, 1.54) is 30.5 Å². The van der Waals surface area contributed by atoms with E-state index in [2.05, 4.69) is 15.3 Å². The van der Waals surface area contributed by atoms with Gasteiger partial charge in [-0.05, 0) is 26.8 Å². The molecule has 0 saturated carbocycles. The molecule has 94 valence electrons. The molecule has 2 aromatic heterocycles. The first-order valence-corrected chi connectivity index (χ1v) is 6.23.